The number of rotatable bonds is 6. The van der Waals surface area contributed by atoms with Crippen molar-refractivity contribution < 1.29 is 9.59 Å². The van der Waals surface area contributed by atoms with E-state index in [1.54, 1.807) is 7.05 Å². The molecule has 0 saturated carbocycles. The number of nitrogens with zero attached hydrogens (tertiary/aromatic N) is 1. The Labute approximate surface area is 106 Å². The zero-order valence-corrected chi connectivity index (χ0v) is 10.5. The van der Waals surface area contributed by atoms with E-state index in [4.69, 9.17) is 5.73 Å². The standard InChI is InChI=1S/C12H18N4O2/c1-9-5-3-4-6-10(9)15-16(2)12(18)11(7-13)14-8-17/h3-6,8,11,15H,7,13H2,1-2H3,(H,14,17)/t11-/m0/s1. The Hall–Kier alpha value is -2.08. The van der Waals surface area contributed by atoms with Crippen LogP contribution < -0.4 is 16.5 Å². The molecule has 0 heterocycles. The molecule has 0 spiro atoms. The van der Waals surface area contributed by atoms with Gasteiger partial charge in [-0.25, -0.2) is 0 Å². The molecule has 1 atom stereocenters. The van der Waals surface area contributed by atoms with Crippen LogP contribution in [0.2, 0.25) is 0 Å². The van der Waals surface area contributed by atoms with E-state index < -0.39 is 6.04 Å². The predicted molar refractivity (Wildman–Crippen MR) is 69.6 cm³/mol. The molecule has 0 unspecified atom stereocenters. The number of carbonyl (C=O) groups excluding carboxylic acids is 2. The highest BCUT2D eigenvalue weighted by Gasteiger charge is 2.20. The third-order valence-electron chi connectivity index (χ3n) is 2.57. The molecule has 0 radical (unpaired) electrons. The topological polar surface area (TPSA) is 87.5 Å². The van der Waals surface area contributed by atoms with Crippen molar-refractivity contribution >= 4 is 18.0 Å². The monoisotopic (exact) mass is 250 g/mol. The molecule has 0 aliphatic carbocycles. The summed E-state index contributed by atoms with van der Waals surface area (Å²) >= 11 is 0. The first kappa shape index (κ1) is 14.0. The molecule has 0 bridgehead atoms. The number of hydrogen-bond acceptors (Lipinski definition) is 4. The van der Waals surface area contributed by atoms with E-state index in [0.29, 0.717) is 6.41 Å². The van der Waals surface area contributed by atoms with Crippen molar-refractivity contribution in [1.82, 2.24) is 10.3 Å². The van der Waals surface area contributed by atoms with Gasteiger partial charge in [-0.3, -0.25) is 20.0 Å². The van der Waals surface area contributed by atoms with E-state index in [-0.39, 0.29) is 12.5 Å². The van der Waals surface area contributed by atoms with Gasteiger partial charge in [0.25, 0.3) is 5.91 Å². The van der Waals surface area contributed by atoms with Gasteiger partial charge in [0.05, 0.1) is 5.69 Å². The van der Waals surface area contributed by atoms with Crippen LogP contribution in [-0.2, 0) is 9.59 Å². The third kappa shape index (κ3) is 3.46. The van der Waals surface area contributed by atoms with Gasteiger partial charge in [-0.1, -0.05) is 18.2 Å². The molecule has 0 saturated heterocycles. The average molecular weight is 250 g/mol. The number of benzene rings is 1. The number of hydrazine groups is 1. The van der Waals surface area contributed by atoms with E-state index in [0.717, 1.165) is 11.3 Å². The number of carbonyl (C=O) groups is 2. The Kier molecular flexibility index (Phi) is 5.13. The van der Waals surface area contributed by atoms with Gasteiger partial charge in [-0.2, -0.15) is 0 Å². The number of para-hydroxylation sites is 1. The highest BCUT2D eigenvalue weighted by molar-refractivity contribution is 5.84. The van der Waals surface area contributed by atoms with Crippen molar-refractivity contribution in [2.45, 2.75) is 13.0 Å². The van der Waals surface area contributed by atoms with Crippen LogP contribution in [0.5, 0.6) is 0 Å². The van der Waals surface area contributed by atoms with E-state index >= 15 is 0 Å². The van der Waals surface area contributed by atoms with Gasteiger partial charge in [0.1, 0.15) is 6.04 Å². The van der Waals surface area contributed by atoms with Crippen molar-refractivity contribution in [1.29, 1.82) is 0 Å². The molecule has 1 aromatic carbocycles. The summed E-state index contributed by atoms with van der Waals surface area (Å²) < 4.78 is 0. The van der Waals surface area contributed by atoms with E-state index in [2.05, 4.69) is 10.7 Å². The minimum atomic E-state index is -0.719. The maximum atomic E-state index is 11.9. The summed E-state index contributed by atoms with van der Waals surface area (Å²) in [4.78, 5) is 22.3. The van der Waals surface area contributed by atoms with E-state index in [9.17, 15) is 9.59 Å². The molecule has 6 nitrogen and oxygen atoms in total. The lowest BCUT2D eigenvalue weighted by Gasteiger charge is -2.24. The number of nitrogens with two attached hydrogens (primary N) is 1. The fourth-order valence-electron chi connectivity index (χ4n) is 1.49. The van der Waals surface area contributed by atoms with Crippen LogP contribution >= 0.6 is 0 Å². The fourth-order valence-corrected chi connectivity index (χ4v) is 1.49. The normalized spacial score (nSPS) is 11.5. The highest BCUT2D eigenvalue weighted by atomic mass is 16.2. The highest BCUT2D eigenvalue weighted by Crippen LogP contribution is 2.13. The van der Waals surface area contributed by atoms with E-state index in [1.807, 2.05) is 31.2 Å². The molecule has 18 heavy (non-hydrogen) atoms. The molecule has 0 aliphatic heterocycles. The summed E-state index contributed by atoms with van der Waals surface area (Å²) in [5.41, 5.74) is 10.2. The van der Waals surface area contributed by atoms with Gasteiger partial charge >= 0.3 is 0 Å². The number of aryl methyl sites for hydroxylation is 1. The summed E-state index contributed by atoms with van der Waals surface area (Å²) in [6.07, 6.45) is 0.469. The molecule has 6 heteroatoms. The molecule has 1 rings (SSSR count). The quantitative estimate of drug-likeness (QED) is 0.484. The molecule has 0 aliphatic rings. The smallest absolute Gasteiger partial charge is 0.264 e. The maximum Gasteiger partial charge on any atom is 0.264 e. The second kappa shape index (κ2) is 6.61. The van der Waals surface area contributed by atoms with Gasteiger partial charge in [-0.15, -0.1) is 0 Å². The summed E-state index contributed by atoms with van der Waals surface area (Å²) in [7, 11) is 1.59. The number of likely N-dealkylation sites (N-methyl/N-ethyl adjacent to an activating group) is 1. The molecule has 1 aromatic rings. The first-order valence-electron chi connectivity index (χ1n) is 5.59. The molecule has 2 amide bonds. The van der Waals surface area contributed by atoms with Gasteiger partial charge < -0.3 is 11.1 Å². The molecule has 0 aromatic heterocycles. The lowest BCUT2D eigenvalue weighted by Crippen LogP contribution is -2.50. The summed E-state index contributed by atoms with van der Waals surface area (Å²) in [6, 6.07) is 6.87. The zero-order valence-electron chi connectivity index (χ0n) is 10.5. The van der Waals surface area contributed by atoms with Crippen LogP contribution in [-0.4, -0.2) is 37.0 Å². The Morgan fingerprint density at radius 3 is 2.72 bits per heavy atom. The van der Waals surface area contributed by atoms with Crippen LogP contribution in [0.4, 0.5) is 5.69 Å². The van der Waals surface area contributed by atoms with Crippen molar-refractivity contribution in [2.24, 2.45) is 5.73 Å². The molecule has 98 valence electrons. The number of amides is 2. The SMILES string of the molecule is Cc1ccccc1NN(C)C(=O)[C@H](CN)NC=O. The number of nitrogens with one attached hydrogen (secondary N) is 2. The summed E-state index contributed by atoms with van der Waals surface area (Å²) in [5.74, 6) is -0.298. The molecular formula is C12H18N4O2. The molecule has 4 N–H and O–H groups in total. The summed E-state index contributed by atoms with van der Waals surface area (Å²) in [6.45, 7) is 1.99. The molecular weight excluding hydrogens is 232 g/mol. The van der Waals surface area contributed by atoms with Crippen molar-refractivity contribution in [3.63, 3.8) is 0 Å². The maximum absolute atomic E-state index is 11.9. The van der Waals surface area contributed by atoms with Crippen LogP contribution in [0.25, 0.3) is 0 Å². The minimum Gasteiger partial charge on any atom is -0.346 e. The second-order valence-electron chi connectivity index (χ2n) is 3.90. The number of hydrogen-bond donors (Lipinski definition) is 3. The van der Waals surface area contributed by atoms with Crippen LogP contribution in [0.15, 0.2) is 24.3 Å². The van der Waals surface area contributed by atoms with Gasteiger partial charge in [-0.05, 0) is 18.6 Å². The van der Waals surface area contributed by atoms with Crippen LogP contribution in [0, 0.1) is 6.92 Å². The fraction of sp³-hybridized carbons (Fsp3) is 0.333. The minimum absolute atomic E-state index is 0.0529. The predicted octanol–water partition coefficient (Wildman–Crippen LogP) is -0.146. The lowest BCUT2D eigenvalue weighted by molar-refractivity contribution is -0.132. The third-order valence-corrected chi connectivity index (χ3v) is 2.57. The Balaban J connectivity index is 2.70. The summed E-state index contributed by atoms with van der Waals surface area (Å²) in [5, 5.41) is 3.69. The Morgan fingerprint density at radius 1 is 1.50 bits per heavy atom. The first-order chi connectivity index (χ1) is 8.60. The van der Waals surface area contributed by atoms with Crippen LogP contribution in [0.3, 0.4) is 0 Å². The van der Waals surface area contributed by atoms with Gasteiger partial charge in [0, 0.05) is 13.6 Å². The average Bonchev–Trinajstić information content (AvgIpc) is 2.37. The largest absolute Gasteiger partial charge is 0.346 e. The second-order valence-corrected chi connectivity index (χ2v) is 3.90. The van der Waals surface area contributed by atoms with Crippen LogP contribution in [0.1, 0.15) is 5.56 Å². The number of anilines is 1. The zero-order chi connectivity index (χ0) is 13.5. The molecule has 0 fully saturated rings. The Morgan fingerprint density at radius 2 is 2.17 bits per heavy atom. The van der Waals surface area contributed by atoms with Crippen molar-refractivity contribution in [3.8, 4) is 0 Å². The Bertz CT molecular complexity index is 422. The van der Waals surface area contributed by atoms with Crippen molar-refractivity contribution in [2.75, 3.05) is 19.0 Å². The first-order valence-corrected chi connectivity index (χ1v) is 5.59. The van der Waals surface area contributed by atoms with Gasteiger partial charge in [0.2, 0.25) is 6.41 Å². The van der Waals surface area contributed by atoms with Crippen molar-refractivity contribution in [3.05, 3.63) is 29.8 Å². The van der Waals surface area contributed by atoms with Gasteiger partial charge in [0.15, 0.2) is 0 Å². The van der Waals surface area contributed by atoms with E-state index in [1.165, 1.54) is 5.01 Å². The lowest BCUT2D eigenvalue weighted by atomic mass is 10.2.